The predicted molar refractivity (Wildman–Crippen MR) is 65.0 cm³/mol. The van der Waals surface area contributed by atoms with Crippen LogP contribution in [0.4, 0.5) is 11.5 Å². The van der Waals surface area contributed by atoms with E-state index in [0.717, 1.165) is 12.0 Å². The van der Waals surface area contributed by atoms with Crippen LogP contribution in [0.15, 0.2) is 12.3 Å². The van der Waals surface area contributed by atoms with Crippen molar-refractivity contribution in [1.82, 2.24) is 4.98 Å². The molecular formula is C11H17N3O3. The highest BCUT2D eigenvalue weighted by Gasteiger charge is 2.16. The molecular weight excluding hydrogens is 222 g/mol. The van der Waals surface area contributed by atoms with Crippen molar-refractivity contribution in [3.8, 4) is 0 Å². The largest absolute Gasteiger partial charge is 0.396 e. The zero-order chi connectivity index (χ0) is 12.8. The second-order valence-corrected chi connectivity index (χ2v) is 4.05. The van der Waals surface area contributed by atoms with Gasteiger partial charge in [0.15, 0.2) is 0 Å². The van der Waals surface area contributed by atoms with Crippen molar-refractivity contribution < 1.29 is 10.0 Å². The molecule has 1 unspecified atom stereocenters. The lowest BCUT2D eigenvalue weighted by Gasteiger charge is -2.13. The second-order valence-electron chi connectivity index (χ2n) is 4.05. The van der Waals surface area contributed by atoms with Gasteiger partial charge in [-0.05, 0) is 32.3 Å². The third-order valence-electron chi connectivity index (χ3n) is 2.38. The summed E-state index contributed by atoms with van der Waals surface area (Å²) in [6, 6.07) is 1.53. The first-order chi connectivity index (χ1) is 8.04. The van der Waals surface area contributed by atoms with Crippen LogP contribution in [0.5, 0.6) is 0 Å². The molecule has 0 spiro atoms. The number of pyridine rings is 1. The van der Waals surface area contributed by atoms with Crippen LogP contribution in [0.1, 0.15) is 25.3 Å². The van der Waals surface area contributed by atoms with E-state index in [1.807, 2.05) is 6.92 Å². The zero-order valence-electron chi connectivity index (χ0n) is 10.0. The minimum Gasteiger partial charge on any atom is -0.396 e. The molecule has 17 heavy (non-hydrogen) atoms. The fraction of sp³-hybridized carbons (Fsp3) is 0.545. The topological polar surface area (TPSA) is 88.3 Å². The molecule has 0 amide bonds. The molecule has 0 radical (unpaired) electrons. The Hall–Kier alpha value is -1.69. The van der Waals surface area contributed by atoms with Crippen molar-refractivity contribution in [2.24, 2.45) is 0 Å². The molecule has 0 saturated heterocycles. The van der Waals surface area contributed by atoms with Gasteiger partial charge in [0.25, 0.3) is 0 Å². The molecule has 1 atom stereocenters. The summed E-state index contributed by atoms with van der Waals surface area (Å²) in [6.45, 7) is 3.79. The van der Waals surface area contributed by atoms with Crippen molar-refractivity contribution >= 4 is 11.5 Å². The Balaban J connectivity index is 2.79. The van der Waals surface area contributed by atoms with E-state index in [4.69, 9.17) is 5.11 Å². The number of nitrogens with zero attached hydrogens (tertiary/aromatic N) is 2. The number of aryl methyl sites for hydroxylation is 1. The van der Waals surface area contributed by atoms with E-state index < -0.39 is 4.92 Å². The lowest BCUT2D eigenvalue weighted by Crippen LogP contribution is -2.17. The maximum atomic E-state index is 10.9. The molecule has 0 bridgehead atoms. The van der Waals surface area contributed by atoms with Gasteiger partial charge < -0.3 is 10.4 Å². The van der Waals surface area contributed by atoms with Gasteiger partial charge in [-0.3, -0.25) is 10.1 Å². The zero-order valence-corrected chi connectivity index (χ0v) is 10.0. The van der Waals surface area contributed by atoms with Crippen LogP contribution in [-0.2, 0) is 0 Å². The molecule has 1 rings (SSSR count). The third-order valence-corrected chi connectivity index (χ3v) is 2.38. The molecule has 0 aromatic carbocycles. The van der Waals surface area contributed by atoms with Gasteiger partial charge in [-0.15, -0.1) is 0 Å². The lowest BCUT2D eigenvalue weighted by molar-refractivity contribution is -0.384. The van der Waals surface area contributed by atoms with Gasteiger partial charge in [0.2, 0.25) is 5.82 Å². The highest BCUT2D eigenvalue weighted by atomic mass is 16.6. The Kier molecular flexibility index (Phi) is 4.84. The van der Waals surface area contributed by atoms with Gasteiger partial charge in [0.05, 0.1) is 4.92 Å². The number of nitro groups is 1. The average molecular weight is 239 g/mol. The fourth-order valence-corrected chi connectivity index (χ4v) is 1.51. The molecule has 6 heteroatoms. The van der Waals surface area contributed by atoms with Gasteiger partial charge in [-0.2, -0.15) is 0 Å². The minimum atomic E-state index is -0.443. The molecule has 1 heterocycles. The first-order valence-corrected chi connectivity index (χ1v) is 5.53. The molecule has 6 nitrogen and oxygen atoms in total. The summed E-state index contributed by atoms with van der Waals surface area (Å²) >= 11 is 0. The van der Waals surface area contributed by atoms with E-state index in [1.54, 1.807) is 13.1 Å². The highest BCUT2D eigenvalue weighted by Crippen LogP contribution is 2.23. The van der Waals surface area contributed by atoms with E-state index in [2.05, 4.69) is 10.3 Å². The summed E-state index contributed by atoms with van der Waals surface area (Å²) in [5.74, 6) is 0.283. The molecule has 0 aliphatic carbocycles. The van der Waals surface area contributed by atoms with E-state index in [-0.39, 0.29) is 24.2 Å². The normalized spacial score (nSPS) is 12.2. The average Bonchev–Trinajstić information content (AvgIpc) is 2.28. The van der Waals surface area contributed by atoms with Crippen LogP contribution in [0.3, 0.4) is 0 Å². The van der Waals surface area contributed by atoms with Crippen LogP contribution < -0.4 is 5.32 Å². The Morgan fingerprint density at radius 3 is 2.94 bits per heavy atom. The van der Waals surface area contributed by atoms with Crippen LogP contribution in [0, 0.1) is 17.0 Å². The molecule has 2 N–H and O–H groups in total. The first kappa shape index (κ1) is 13.4. The fourth-order valence-electron chi connectivity index (χ4n) is 1.51. The van der Waals surface area contributed by atoms with Gasteiger partial charge in [0.1, 0.15) is 0 Å². The van der Waals surface area contributed by atoms with Crippen molar-refractivity contribution in [2.75, 3.05) is 11.9 Å². The molecule has 0 fully saturated rings. The first-order valence-electron chi connectivity index (χ1n) is 5.53. The Morgan fingerprint density at radius 1 is 1.65 bits per heavy atom. The molecule has 1 aromatic heterocycles. The van der Waals surface area contributed by atoms with E-state index >= 15 is 0 Å². The van der Waals surface area contributed by atoms with Crippen molar-refractivity contribution in [3.63, 3.8) is 0 Å². The summed E-state index contributed by atoms with van der Waals surface area (Å²) in [6.07, 6.45) is 2.99. The number of rotatable bonds is 6. The number of aliphatic hydroxyl groups is 1. The third kappa shape index (κ3) is 3.99. The number of aliphatic hydroxyl groups excluding tert-OH is 1. The molecule has 1 aromatic rings. The highest BCUT2D eigenvalue weighted by molar-refractivity contribution is 5.56. The molecule has 0 aliphatic heterocycles. The standard InChI is InChI=1S/C11H17N3O3/c1-8-6-10(14(16)17)11(12-7-8)13-9(2)4-3-5-15/h6-7,9,15H,3-5H2,1-2H3,(H,12,13). The quantitative estimate of drug-likeness (QED) is 0.584. The summed E-state index contributed by atoms with van der Waals surface area (Å²) < 4.78 is 0. The number of hydrogen-bond acceptors (Lipinski definition) is 5. The van der Waals surface area contributed by atoms with Crippen LogP contribution in [0.25, 0.3) is 0 Å². The second kappa shape index (κ2) is 6.15. The molecule has 94 valence electrons. The number of aromatic nitrogens is 1. The maximum Gasteiger partial charge on any atom is 0.311 e. The summed E-state index contributed by atoms with van der Waals surface area (Å²) in [4.78, 5) is 14.4. The van der Waals surface area contributed by atoms with Crippen LogP contribution in [0.2, 0.25) is 0 Å². The van der Waals surface area contributed by atoms with E-state index in [0.29, 0.717) is 6.42 Å². The minimum absolute atomic E-state index is 0.0131. The summed E-state index contributed by atoms with van der Waals surface area (Å²) in [5.41, 5.74) is 0.742. The SMILES string of the molecule is Cc1cnc(NC(C)CCCO)c([N+](=O)[O-])c1. The maximum absolute atomic E-state index is 10.9. The Bertz CT molecular complexity index is 396. The van der Waals surface area contributed by atoms with Crippen LogP contribution >= 0.6 is 0 Å². The summed E-state index contributed by atoms with van der Waals surface area (Å²) in [7, 11) is 0. The smallest absolute Gasteiger partial charge is 0.311 e. The van der Waals surface area contributed by atoms with Crippen molar-refractivity contribution in [2.45, 2.75) is 32.7 Å². The number of nitrogens with one attached hydrogen (secondary N) is 1. The van der Waals surface area contributed by atoms with E-state index in [9.17, 15) is 10.1 Å². The summed E-state index contributed by atoms with van der Waals surface area (Å²) in [5, 5.41) is 22.6. The van der Waals surface area contributed by atoms with Crippen molar-refractivity contribution in [3.05, 3.63) is 27.9 Å². The van der Waals surface area contributed by atoms with Gasteiger partial charge in [-0.25, -0.2) is 4.98 Å². The van der Waals surface area contributed by atoms with E-state index in [1.165, 1.54) is 6.07 Å². The molecule has 0 saturated carbocycles. The van der Waals surface area contributed by atoms with Gasteiger partial charge in [-0.1, -0.05) is 0 Å². The lowest BCUT2D eigenvalue weighted by atomic mass is 10.2. The van der Waals surface area contributed by atoms with Crippen molar-refractivity contribution in [1.29, 1.82) is 0 Å². The van der Waals surface area contributed by atoms with Crippen LogP contribution in [-0.4, -0.2) is 27.7 Å². The predicted octanol–water partition coefficient (Wildman–Crippen LogP) is 1.87. The van der Waals surface area contributed by atoms with Gasteiger partial charge >= 0.3 is 5.69 Å². The number of hydrogen-bond donors (Lipinski definition) is 2. The number of anilines is 1. The Labute approximate surface area is 99.8 Å². The molecule has 0 aliphatic rings. The Morgan fingerprint density at radius 2 is 2.35 bits per heavy atom. The monoisotopic (exact) mass is 239 g/mol. The van der Waals surface area contributed by atoms with Gasteiger partial charge in [0, 0.05) is 24.9 Å².